The van der Waals surface area contributed by atoms with Crippen molar-refractivity contribution in [1.29, 1.82) is 0 Å². The van der Waals surface area contributed by atoms with E-state index in [-0.39, 0.29) is 6.42 Å². The van der Waals surface area contributed by atoms with Gasteiger partial charge in [-0.25, -0.2) is 8.42 Å². The lowest BCUT2D eigenvalue weighted by atomic mass is 10.0. The van der Waals surface area contributed by atoms with E-state index in [0.717, 1.165) is 0 Å². The summed E-state index contributed by atoms with van der Waals surface area (Å²) in [5.74, 6) is 0.961. The van der Waals surface area contributed by atoms with Gasteiger partial charge in [-0.3, -0.25) is 9.10 Å². The number of carbonyl (C=O) groups excluding carboxylic acids is 1. The molecule has 2 aromatic carbocycles. The van der Waals surface area contributed by atoms with Crippen LogP contribution in [0.1, 0.15) is 19.8 Å². The largest absolute Gasteiger partial charge is 0.497 e. The molecule has 30 heavy (non-hydrogen) atoms. The van der Waals surface area contributed by atoms with Crippen LogP contribution in [0.3, 0.4) is 0 Å². The predicted molar refractivity (Wildman–Crippen MR) is 115 cm³/mol. The van der Waals surface area contributed by atoms with Gasteiger partial charge in [0.1, 0.15) is 17.2 Å². The van der Waals surface area contributed by atoms with Crippen LogP contribution in [0.15, 0.2) is 42.5 Å². The summed E-state index contributed by atoms with van der Waals surface area (Å²) in [6.07, 6.45) is 0.765. The molecule has 0 aliphatic carbocycles. The molecule has 2 aromatic rings. The van der Waals surface area contributed by atoms with Gasteiger partial charge >= 0.3 is 0 Å². The van der Waals surface area contributed by atoms with Crippen molar-refractivity contribution < 1.29 is 27.4 Å². The maximum Gasteiger partial charge on any atom is 0.249 e. The van der Waals surface area contributed by atoms with E-state index >= 15 is 0 Å². The number of ether oxygens (including phenoxy) is 3. The molecule has 162 valence electrons. The number of methoxy groups -OCH3 is 3. The standard InChI is InChI=1S/C21H26N2O6S/c1-21(20(24)22-18-11-10-17(28-3)14-19(18)29-4)12-5-13-23(30(21,25)26)15-6-8-16(27-2)9-7-15/h6-11,14H,5,12-13H2,1-4H3,(H,22,24)/t21-/m1/s1. The molecule has 1 fully saturated rings. The molecular weight excluding hydrogens is 408 g/mol. The van der Waals surface area contributed by atoms with Gasteiger partial charge in [-0.15, -0.1) is 0 Å². The Labute approximate surface area is 176 Å². The summed E-state index contributed by atoms with van der Waals surface area (Å²) in [6, 6.07) is 11.6. The number of nitrogens with zero attached hydrogens (tertiary/aromatic N) is 1. The van der Waals surface area contributed by atoms with Gasteiger partial charge in [-0.05, 0) is 56.2 Å². The monoisotopic (exact) mass is 434 g/mol. The molecule has 0 radical (unpaired) electrons. The van der Waals surface area contributed by atoms with Crippen LogP contribution >= 0.6 is 0 Å². The van der Waals surface area contributed by atoms with E-state index in [9.17, 15) is 13.2 Å². The van der Waals surface area contributed by atoms with Crippen LogP contribution in [0.2, 0.25) is 0 Å². The van der Waals surface area contributed by atoms with Gasteiger partial charge in [0, 0.05) is 12.6 Å². The van der Waals surface area contributed by atoms with Gasteiger partial charge in [-0.1, -0.05) is 0 Å². The lowest BCUT2D eigenvalue weighted by molar-refractivity contribution is -0.118. The number of rotatable bonds is 6. The molecular formula is C21H26N2O6S. The van der Waals surface area contributed by atoms with Gasteiger partial charge in [-0.2, -0.15) is 0 Å². The van der Waals surface area contributed by atoms with E-state index in [1.165, 1.54) is 25.4 Å². The van der Waals surface area contributed by atoms with Crippen molar-refractivity contribution in [2.24, 2.45) is 0 Å². The van der Waals surface area contributed by atoms with Gasteiger partial charge < -0.3 is 19.5 Å². The Kier molecular flexibility index (Phi) is 6.12. The normalized spacial score (nSPS) is 20.3. The Morgan fingerprint density at radius 3 is 2.23 bits per heavy atom. The van der Waals surface area contributed by atoms with Crippen LogP contribution in [-0.4, -0.2) is 46.9 Å². The molecule has 1 aliphatic heterocycles. The van der Waals surface area contributed by atoms with Crippen LogP contribution in [-0.2, 0) is 14.8 Å². The Balaban J connectivity index is 1.91. The molecule has 0 bridgehead atoms. The highest BCUT2D eigenvalue weighted by Gasteiger charge is 2.52. The zero-order valence-electron chi connectivity index (χ0n) is 17.5. The number of sulfonamides is 1. The molecule has 0 aromatic heterocycles. The third kappa shape index (κ3) is 3.77. The maximum absolute atomic E-state index is 13.5. The molecule has 1 saturated heterocycles. The number of amides is 1. The van der Waals surface area contributed by atoms with Crippen LogP contribution < -0.4 is 23.8 Å². The minimum Gasteiger partial charge on any atom is -0.497 e. The smallest absolute Gasteiger partial charge is 0.249 e. The minimum atomic E-state index is -3.97. The summed E-state index contributed by atoms with van der Waals surface area (Å²) >= 11 is 0. The van der Waals surface area contributed by atoms with Crippen LogP contribution in [0.5, 0.6) is 17.2 Å². The van der Waals surface area contributed by atoms with Gasteiger partial charge in [0.15, 0.2) is 4.75 Å². The fourth-order valence-corrected chi connectivity index (χ4v) is 5.40. The number of anilines is 2. The minimum absolute atomic E-state index is 0.215. The molecule has 0 unspecified atom stereocenters. The van der Waals surface area contributed by atoms with Crippen molar-refractivity contribution >= 4 is 27.3 Å². The van der Waals surface area contributed by atoms with Crippen LogP contribution in [0, 0.1) is 0 Å². The first kappa shape index (κ1) is 21.8. The molecule has 9 heteroatoms. The summed E-state index contributed by atoms with van der Waals surface area (Å²) in [5, 5.41) is 2.72. The number of carbonyl (C=O) groups is 1. The molecule has 0 spiro atoms. The summed E-state index contributed by atoms with van der Waals surface area (Å²) < 4.78 is 42.2. The van der Waals surface area contributed by atoms with Gasteiger partial charge in [0.2, 0.25) is 15.9 Å². The third-order valence-electron chi connectivity index (χ3n) is 5.37. The third-order valence-corrected chi connectivity index (χ3v) is 7.87. The van der Waals surface area contributed by atoms with Gasteiger partial charge in [0.25, 0.3) is 0 Å². The topological polar surface area (TPSA) is 94.2 Å². The summed E-state index contributed by atoms with van der Waals surface area (Å²) in [4.78, 5) is 13.2. The second kappa shape index (κ2) is 8.43. The second-order valence-electron chi connectivity index (χ2n) is 7.13. The van der Waals surface area contributed by atoms with Crippen LogP contribution in [0.4, 0.5) is 11.4 Å². The summed E-state index contributed by atoms with van der Waals surface area (Å²) in [5.41, 5.74) is 0.873. The Hall–Kier alpha value is -2.94. The zero-order chi connectivity index (χ0) is 21.9. The fourth-order valence-electron chi connectivity index (χ4n) is 3.46. The van der Waals surface area contributed by atoms with Crippen molar-refractivity contribution in [3.63, 3.8) is 0 Å². The number of benzene rings is 2. The number of nitrogens with one attached hydrogen (secondary N) is 1. The van der Waals surface area contributed by atoms with E-state index < -0.39 is 20.7 Å². The Morgan fingerprint density at radius 1 is 1.00 bits per heavy atom. The molecule has 1 aliphatic rings. The van der Waals surface area contributed by atoms with E-state index in [1.807, 2.05) is 0 Å². The number of hydrogen-bond acceptors (Lipinski definition) is 6. The quantitative estimate of drug-likeness (QED) is 0.751. The first-order valence-electron chi connectivity index (χ1n) is 9.46. The summed E-state index contributed by atoms with van der Waals surface area (Å²) in [6.45, 7) is 1.77. The average Bonchev–Trinajstić information content (AvgIpc) is 2.75. The van der Waals surface area contributed by atoms with E-state index in [0.29, 0.717) is 41.6 Å². The first-order valence-corrected chi connectivity index (χ1v) is 10.9. The molecule has 8 nitrogen and oxygen atoms in total. The highest BCUT2D eigenvalue weighted by molar-refractivity contribution is 7.95. The van der Waals surface area contributed by atoms with Crippen molar-refractivity contribution in [3.8, 4) is 17.2 Å². The maximum atomic E-state index is 13.5. The summed E-state index contributed by atoms with van der Waals surface area (Å²) in [7, 11) is 0.561. The predicted octanol–water partition coefficient (Wildman–Crippen LogP) is 3.04. The molecule has 1 heterocycles. The van der Waals surface area contributed by atoms with Crippen LogP contribution in [0.25, 0.3) is 0 Å². The zero-order valence-corrected chi connectivity index (χ0v) is 18.3. The van der Waals surface area contributed by atoms with E-state index in [4.69, 9.17) is 14.2 Å². The fraction of sp³-hybridized carbons (Fsp3) is 0.381. The van der Waals surface area contributed by atoms with Crippen molar-refractivity contribution in [3.05, 3.63) is 42.5 Å². The van der Waals surface area contributed by atoms with Crippen molar-refractivity contribution in [2.75, 3.05) is 37.5 Å². The lowest BCUT2D eigenvalue weighted by Crippen LogP contribution is -2.57. The molecule has 0 saturated carbocycles. The second-order valence-corrected chi connectivity index (χ2v) is 9.42. The van der Waals surface area contributed by atoms with E-state index in [1.54, 1.807) is 49.6 Å². The first-order chi connectivity index (χ1) is 14.3. The average molecular weight is 435 g/mol. The highest BCUT2D eigenvalue weighted by Crippen LogP contribution is 2.38. The highest BCUT2D eigenvalue weighted by atomic mass is 32.2. The van der Waals surface area contributed by atoms with E-state index in [2.05, 4.69) is 5.32 Å². The Bertz CT molecular complexity index is 1020. The van der Waals surface area contributed by atoms with Crippen molar-refractivity contribution in [1.82, 2.24) is 0 Å². The molecule has 3 rings (SSSR count). The molecule has 1 N–H and O–H groups in total. The molecule has 1 atom stereocenters. The number of hydrogen-bond donors (Lipinski definition) is 1. The van der Waals surface area contributed by atoms with Crippen molar-refractivity contribution in [2.45, 2.75) is 24.5 Å². The SMILES string of the molecule is COc1ccc(N2CCC[C@](C)(C(=O)Nc3ccc(OC)cc3OC)S2(=O)=O)cc1. The molecule has 1 amide bonds. The Morgan fingerprint density at radius 2 is 1.63 bits per heavy atom. The van der Waals surface area contributed by atoms with Gasteiger partial charge in [0.05, 0.1) is 32.7 Å². The lowest BCUT2D eigenvalue weighted by Gasteiger charge is -2.39.